The number of carbonyl (C=O) groups excluding carboxylic acids is 1. The molecule has 1 aliphatic rings. The Morgan fingerprint density at radius 3 is 2.23 bits per heavy atom. The van der Waals surface area contributed by atoms with Gasteiger partial charge < -0.3 is 20.5 Å². The van der Waals surface area contributed by atoms with Crippen molar-refractivity contribution in [1.82, 2.24) is 4.90 Å². The second kappa shape index (κ2) is 7.21. The van der Waals surface area contributed by atoms with Crippen molar-refractivity contribution in [3.63, 3.8) is 0 Å². The minimum atomic E-state index is -0.840. The molecule has 0 aromatic rings. The van der Waals surface area contributed by atoms with Crippen LogP contribution >= 0.6 is 22.6 Å². The van der Waals surface area contributed by atoms with Gasteiger partial charge in [0.15, 0.2) is 0 Å². The molecular weight excluding hydrogens is 395 g/mol. The van der Waals surface area contributed by atoms with E-state index in [2.05, 4.69) is 36.4 Å². The standard InChI is InChI=1S/C16H31IN2O3/c1-12(2)10-16(17,21)15(11-18)6-8-19(9-7-15)13(20)22-14(3,4)5/h12,21H,6-11,18H2,1-5H3. The fourth-order valence-electron chi connectivity index (χ4n) is 2.94. The zero-order valence-electron chi connectivity index (χ0n) is 14.5. The molecule has 3 N–H and O–H groups in total. The summed E-state index contributed by atoms with van der Waals surface area (Å²) in [7, 11) is 0. The van der Waals surface area contributed by atoms with Gasteiger partial charge in [-0.2, -0.15) is 0 Å². The Balaban J connectivity index is 2.74. The van der Waals surface area contributed by atoms with Crippen LogP contribution in [0, 0.1) is 11.3 Å². The molecule has 0 aliphatic carbocycles. The molecule has 1 unspecified atom stereocenters. The number of aliphatic hydroxyl groups is 1. The molecule has 130 valence electrons. The van der Waals surface area contributed by atoms with Crippen LogP contribution in [-0.4, -0.2) is 44.9 Å². The molecule has 1 atom stereocenters. The molecule has 1 rings (SSSR count). The topological polar surface area (TPSA) is 75.8 Å². The Labute approximate surface area is 148 Å². The van der Waals surface area contributed by atoms with Crippen LogP contribution in [0.4, 0.5) is 4.79 Å². The summed E-state index contributed by atoms with van der Waals surface area (Å²) in [5.41, 5.74) is 5.20. The summed E-state index contributed by atoms with van der Waals surface area (Å²) in [6.07, 6.45) is 1.83. The quantitative estimate of drug-likeness (QED) is 0.535. The number of nitrogens with two attached hydrogens (primary N) is 1. The maximum absolute atomic E-state index is 12.1. The van der Waals surface area contributed by atoms with Gasteiger partial charge in [-0.1, -0.05) is 13.8 Å². The van der Waals surface area contributed by atoms with Gasteiger partial charge in [0.05, 0.1) is 0 Å². The molecule has 5 nitrogen and oxygen atoms in total. The third kappa shape index (κ3) is 4.96. The Bertz CT molecular complexity index is 383. The van der Waals surface area contributed by atoms with Crippen molar-refractivity contribution >= 4 is 28.7 Å². The van der Waals surface area contributed by atoms with Crippen LogP contribution in [-0.2, 0) is 4.74 Å². The van der Waals surface area contributed by atoms with Crippen LogP contribution in [0.3, 0.4) is 0 Å². The molecule has 0 saturated carbocycles. The number of alkyl halides is 1. The smallest absolute Gasteiger partial charge is 0.410 e. The molecular formula is C16H31IN2O3. The summed E-state index contributed by atoms with van der Waals surface area (Å²) in [4.78, 5) is 13.9. The molecule has 0 bridgehead atoms. The Kier molecular flexibility index (Phi) is 6.55. The van der Waals surface area contributed by atoms with Crippen molar-refractivity contribution < 1.29 is 14.6 Å². The summed E-state index contributed by atoms with van der Waals surface area (Å²) >= 11 is 2.15. The van der Waals surface area contributed by atoms with Gasteiger partial charge in [-0.25, -0.2) is 4.79 Å². The second-order valence-electron chi connectivity index (χ2n) is 7.81. The molecule has 1 saturated heterocycles. The average Bonchev–Trinajstić information content (AvgIpc) is 2.35. The first-order chi connectivity index (χ1) is 9.92. The Morgan fingerprint density at radius 1 is 1.36 bits per heavy atom. The van der Waals surface area contributed by atoms with Crippen LogP contribution in [0.2, 0.25) is 0 Å². The normalized spacial score (nSPS) is 21.6. The average molecular weight is 426 g/mol. The molecule has 22 heavy (non-hydrogen) atoms. The number of rotatable bonds is 4. The lowest BCUT2D eigenvalue weighted by Crippen LogP contribution is -2.56. The first-order valence-corrected chi connectivity index (χ1v) is 9.10. The predicted octanol–water partition coefficient (Wildman–Crippen LogP) is 3.13. The van der Waals surface area contributed by atoms with E-state index in [-0.39, 0.29) is 11.5 Å². The SMILES string of the molecule is CC(C)CC(O)(I)C1(CN)CCN(C(=O)OC(C)(C)C)CC1. The van der Waals surface area contributed by atoms with E-state index in [4.69, 9.17) is 10.5 Å². The van der Waals surface area contributed by atoms with Gasteiger partial charge in [0.2, 0.25) is 0 Å². The maximum Gasteiger partial charge on any atom is 0.410 e. The first kappa shape index (κ1) is 20.0. The summed E-state index contributed by atoms with van der Waals surface area (Å²) < 4.78 is 4.58. The third-order valence-corrected chi connectivity index (χ3v) is 5.84. The highest BCUT2D eigenvalue weighted by Gasteiger charge is 2.50. The number of halogens is 1. The van der Waals surface area contributed by atoms with Crippen molar-refractivity contribution in [2.45, 2.75) is 63.1 Å². The number of piperidine rings is 1. The number of nitrogens with zero attached hydrogens (tertiary/aromatic N) is 1. The molecule has 1 fully saturated rings. The largest absolute Gasteiger partial charge is 0.444 e. The molecule has 1 heterocycles. The highest BCUT2D eigenvalue weighted by atomic mass is 127. The van der Waals surface area contributed by atoms with Gasteiger partial charge in [-0.15, -0.1) is 0 Å². The summed E-state index contributed by atoms with van der Waals surface area (Å²) in [6.45, 7) is 11.4. The van der Waals surface area contributed by atoms with E-state index >= 15 is 0 Å². The number of carbonyl (C=O) groups is 1. The lowest BCUT2D eigenvalue weighted by Gasteiger charge is -2.49. The summed E-state index contributed by atoms with van der Waals surface area (Å²) in [5.74, 6) is 0.397. The number of hydrogen-bond acceptors (Lipinski definition) is 4. The summed E-state index contributed by atoms with van der Waals surface area (Å²) in [5, 5.41) is 10.9. The zero-order valence-corrected chi connectivity index (χ0v) is 16.6. The molecule has 1 aliphatic heterocycles. The fourth-order valence-corrected chi connectivity index (χ4v) is 4.59. The first-order valence-electron chi connectivity index (χ1n) is 8.02. The van der Waals surface area contributed by atoms with Crippen molar-refractivity contribution in [3.05, 3.63) is 0 Å². The molecule has 0 radical (unpaired) electrons. The predicted molar refractivity (Wildman–Crippen MR) is 97.0 cm³/mol. The number of ether oxygens (including phenoxy) is 1. The number of hydrogen-bond donors (Lipinski definition) is 2. The maximum atomic E-state index is 12.1. The van der Waals surface area contributed by atoms with E-state index in [1.165, 1.54) is 0 Å². The number of likely N-dealkylation sites (tertiary alicyclic amines) is 1. The fraction of sp³-hybridized carbons (Fsp3) is 0.938. The van der Waals surface area contributed by atoms with Crippen LogP contribution in [0.5, 0.6) is 0 Å². The monoisotopic (exact) mass is 426 g/mol. The van der Waals surface area contributed by atoms with Gasteiger partial charge in [0.1, 0.15) is 9.21 Å². The zero-order chi connectivity index (χ0) is 17.2. The van der Waals surface area contributed by atoms with Gasteiger partial charge >= 0.3 is 6.09 Å². The lowest BCUT2D eigenvalue weighted by atomic mass is 9.71. The highest BCUT2D eigenvalue weighted by Crippen LogP contribution is 2.48. The molecule has 1 amide bonds. The van der Waals surface area contributed by atoms with E-state index in [1.54, 1.807) is 4.90 Å². The minimum absolute atomic E-state index is 0.279. The Hall–Kier alpha value is -0.0800. The van der Waals surface area contributed by atoms with Crippen molar-refractivity contribution in [2.75, 3.05) is 19.6 Å². The molecule has 0 aromatic heterocycles. The van der Waals surface area contributed by atoms with Crippen LogP contribution < -0.4 is 5.73 Å². The third-order valence-electron chi connectivity index (χ3n) is 4.25. The van der Waals surface area contributed by atoms with E-state index in [9.17, 15) is 9.90 Å². The lowest BCUT2D eigenvalue weighted by molar-refractivity contribution is -0.0467. The summed E-state index contributed by atoms with van der Waals surface area (Å²) in [6, 6.07) is 0. The van der Waals surface area contributed by atoms with E-state index in [0.29, 0.717) is 44.8 Å². The highest BCUT2D eigenvalue weighted by molar-refractivity contribution is 14.1. The number of amides is 1. The minimum Gasteiger partial charge on any atom is -0.444 e. The van der Waals surface area contributed by atoms with Crippen molar-refractivity contribution in [1.29, 1.82) is 0 Å². The van der Waals surface area contributed by atoms with Gasteiger partial charge in [0, 0.05) is 25.0 Å². The van der Waals surface area contributed by atoms with Gasteiger partial charge in [0.25, 0.3) is 0 Å². The van der Waals surface area contributed by atoms with Gasteiger partial charge in [-0.3, -0.25) is 0 Å². The van der Waals surface area contributed by atoms with Crippen LogP contribution in [0.1, 0.15) is 53.9 Å². The molecule has 0 aromatic carbocycles. The molecule has 6 heteroatoms. The molecule has 0 spiro atoms. The van der Waals surface area contributed by atoms with E-state index in [1.807, 2.05) is 20.8 Å². The van der Waals surface area contributed by atoms with Crippen LogP contribution in [0.15, 0.2) is 0 Å². The van der Waals surface area contributed by atoms with Crippen molar-refractivity contribution in [2.24, 2.45) is 17.1 Å². The van der Waals surface area contributed by atoms with E-state index in [0.717, 1.165) is 0 Å². The van der Waals surface area contributed by atoms with E-state index < -0.39 is 9.21 Å². The van der Waals surface area contributed by atoms with Crippen LogP contribution in [0.25, 0.3) is 0 Å². The Morgan fingerprint density at radius 2 is 1.86 bits per heavy atom. The second-order valence-corrected chi connectivity index (χ2v) is 9.59. The van der Waals surface area contributed by atoms with Crippen molar-refractivity contribution in [3.8, 4) is 0 Å². The van der Waals surface area contributed by atoms with Gasteiger partial charge in [-0.05, 0) is 68.5 Å².